The minimum atomic E-state index is 0.695. The average molecular weight is 239 g/mol. The molecule has 0 radical (unpaired) electrons. The maximum atomic E-state index is 5.68. The summed E-state index contributed by atoms with van der Waals surface area (Å²) in [5.41, 5.74) is 0. The van der Waals surface area contributed by atoms with Crippen molar-refractivity contribution in [2.75, 3.05) is 20.3 Å². The van der Waals surface area contributed by atoms with E-state index in [1.54, 1.807) is 0 Å². The molecular formula is C15H29NO. The van der Waals surface area contributed by atoms with Crippen LogP contribution in [0.3, 0.4) is 0 Å². The molecule has 0 aromatic heterocycles. The van der Waals surface area contributed by atoms with Crippen molar-refractivity contribution in [3.63, 3.8) is 0 Å². The van der Waals surface area contributed by atoms with Gasteiger partial charge in [-0.1, -0.05) is 32.6 Å². The molecular weight excluding hydrogens is 210 g/mol. The van der Waals surface area contributed by atoms with Crippen LogP contribution in [0.1, 0.15) is 51.9 Å². The molecule has 2 rings (SSSR count). The van der Waals surface area contributed by atoms with Gasteiger partial charge in [-0.3, -0.25) is 0 Å². The van der Waals surface area contributed by atoms with Crippen LogP contribution in [-0.4, -0.2) is 26.3 Å². The van der Waals surface area contributed by atoms with Gasteiger partial charge in [0.05, 0.1) is 6.61 Å². The van der Waals surface area contributed by atoms with E-state index in [2.05, 4.69) is 19.3 Å². The van der Waals surface area contributed by atoms with Gasteiger partial charge in [0, 0.05) is 12.6 Å². The first kappa shape index (κ1) is 13.4. The van der Waals surface area contributed by atoms with Gasteiger partial charge in [-0.05, 0) is 44.1 Å². The van der Waals surface area contributed by atoms with Gasteiger partial charge in [-0.2, -0.15) is 0 Å². The van der Waals surface area contributed by atoms with Gasteiger partial charge in [-0.25, -0.2) is 0 Å². The first-order chi connectivity index (χ1) is 8.36. The van der Waals surface area contributed by atoms with Gasteiger partial charge in [-0.15, -0.1) is 0 Å². The molecule has 2 heteroatoms. The summed E-state index contributed by atoms with van der Waals surface area (Å²) >= 11 is 0. The first-order valence-electron chi connectivity index (χ1n) is 7.61. The Morgan fingerprint density at radius 3 is 2.65 bits per heavy atom. The molecule has 0 aromatic carbocycles. The second-order valence-electron chi connectivity index (χ2n) is 5.91. The highest BCUT2D eigenvalue weighted by Crippen LogP contribution is 2.37. The van der Waals surface area contributed by atoms with Crippen molar-refractivity contribution < 1.29 is 4.74 Å². The van der Waals surface area contributed by atoms with E-state index >= 15 is 0 Å². The fourth-order valence-electron chi connectivity index (χ4n) is 4.06. The smallest absolute Gasteiger partial charge is 0.0509 e. The minimum Gasteiger partial charge on any atom is -0.381 e. The second-order valence-corrected chi connectivity index (χ2v) is 5.91. The van der Waals surface area contributed by atoms with Crippen LogP contribution >= 0.6 is 0 Å². The normalized spacial score (nSPS) is 36.7. The van der Waals surface area contributed by atoms with E-state index in [0.717, 1.165) is 31.0 Å². The first-order valence-corrected chi connectivity index (χ1v) is 7.61. The highest BCUT2D eigenvalue weighted by molar-refractivity contribution is 4.89. The zero-order valence-electron chi connectivity index (χ0n) is 11.6. The number of rotatable bonds is 4. The predicted octanol–water partition coefficient (Wildman–Crippen LogP) is 3.22. The molecule has 1 saturated heterocycles. The van der Waals surface area contributed by atoms with E-state index in [0.29, 0.717) is 6.04 Å². The van der Waals surface area contributed by atoms with Gasteiger partial charge < -0.3 is 10.1 Å². The van der Waals surface area contributed by atoms with Crippen molar-refractivity contribution in [1.82, 2.24) is 5.32 Å². The zero-order chi connectivity index (χ0) is 12.1. The predicted molar refractivity (Wildman–Crippen MR) is 72.1 cm³/mol. The topological polar surface area (TPSA) is 21.3 Å². The molecule has 2 nitrogen and oxygen atoms in total. The third-order valence-corrected chi connectivity index (χ3v) is 4.99. The molecule has 1 aliphatic heterocycles. The number of hydrogen-bond acceptors (Lipinski definition) is 2. The van der Waals surface area contributed by atoms with E-state index < -0.39 is 0 Å². The maximum absolute atomic E-state index is 5.68. The Morgan fingerprint density at radius 1 is 1.18 bits per heavy atom. The standard InChI is InChI=1S/C15H29NO/c1-3-12-7-4-5-9-14(12)15(16-2)13-8-6-10-17-11-13/h12-16H,3-11H2,1-2H3. The van der Waals surface area contributed by atoms with Crippen LogP contribution in [0.2, 0.25) is 0 Å². The Morgan fingerprint density at radius 2 is 2.00 bits per heavy atom. The number of ether oxygens (including phenoxy) is 1. The minimum absolute atomic E-state index is 0.695. The van der Waals surface area contributed by atoms with E-state index in [1.165, 1.54) is 44.9 Å². The lowest BCUT2D eigenvalue weighted by molar-refractivity contribution is 0.0169. The molecule has 0 bridgehead atoms. The summed E-state index contributed by atoms with van der Waals surface area (Å²) < 4.78 is 5.68. The third-order valence-electron chi connectivity index (χ3n) is 4.99. The molecule has 4 unspecified atom stereocenters. The third kappa shape index (κ3) is 3.23. The molecule has 4 atom stereocenters. The fourth-order valence-corrected chi connectivity index (χ4v) is 4.06. The summed E-state index contributed by atoms with van der Waals surface area (Å²) in [7, 11) is 2.15. The highest BCUT2D eigenvalue weighted by Gasteiger charge is 2.35. The monoisotopic (exact) mass is 239 g/mol. The molecule has 0 spiro atoms. The molecule has 2 aliphatic rings. The van der Waals surface area contributed by atoms with Crippen molar-refractivity contribution >= 4 is 0 Å². The Bertz CT molecular complexity index is 213. The van der Waals surface area contributed by atoms with Crippen molar-refractivity contribution in [3.8, 4) is 0 Å². The van der Waals surface area contributed by atoms with E-state index in [4.69, 9.17) is 4.74 Å². The van der Waals surface area contributed by atoms with Crippen LogP contribution in [0, 0.1) is 17.8 Å². The second kappa shape index (κ2) is 6.75. The van der Waals surface area contributed by atoms with Gasteiger partial charge in [0.25, 0.3) is 0 Å². The number of nitrogens with one attached hydrogen (secondary N) is 1. The zero-order valence-corrected chi connectivity index (χ0v) is 11.6. The average Bonchev–Trinajstić information content (AvgIpc) is 2.41. The number of hydrogen-bond donors (Lipinski definition) is 1. The van der Waals surface area contributed by atoms with Gasteiger partial charge in [0.15, 0.2) is 0 Å². The van der Waals surface area contributed by atoms with Crippen molar-refractivity contribution in [2.24, 2.45) is 17.8 Å². The molecule has 0 aromatic rings. The van der Waals surface area contributed by atoms with Crippen LogP contribution in [0.15, 0.2) is 0 Å². The van der Waals surface area contributed by atoms with E-state index in [-0.39, 0.29) is 0 Å². The Hall–Kier alpha value is -0.0800. The summed E-state index contributed by atoms with van der Waals surface area (Å²) in [6.45, 7) is 4.33. The summed E-state index contributed by atoms with van der Waals surface area (Å²) in [5.74, 6) is 2.60. The van der Waals surface area contributed by atoms with Crippen LogP contribution in [0.5, 0.6) is 0 Å². The van der Waals surface area contributed by atoms with Crippen LogP contribution in [-0.2, 0) is 4.74 Å². The summed E-state index contributed by atoms with van der Waals surface area (Å²) in [4.78, 5) is 0. The Labute approximate surface area is 107 Å². The molecule has 17 heavy (non-hydrogen) atoms. The summed E-state index contributed by atoms with van der Waals surface area (Å²) in [6, 6.07) is 0.695. The summed E-state index contributed by atoms with van der Waals surface area (Å²) in [5, 5.41) is 3.63. The van der Waals surface area contributed by atoms with E-state index in [1.807, 2.05) is 0 Å². The SMILES string of the molecule is CCC1CCCCC1C(NC)C1CCCOC1. The van der Waals surface area contributed by atoms with Gasteiger partial charge >= 0.3 is 0 Å². The lowest BCUT2D eigenvalue weighted by Crippen LogP contribution is -2.47. The van der Waals surface area contributed by atoms with Crippen LogP contribution < -0.4 is 5.32 Å². The lowest BCUT2D eigenvalue weighted by atomic mass is 9.70. The molecule has 1 heterocycles. The van der Waals surface area contributed by atoms with Crippen molar-refractivity contribution in [1.29, 1.82) is 0 Å². The molecule has 0 amide bonds. The fraction of sp³-hybridized carbons (Fsp3) is 1.00. The highest BCUT2D eigenvalue weighted by atomic mass is 16.5. The molecule has 1 N–H and O–H groups in total. The van der Waals surface area contributed by atoms with Crippen LogP contribution in [0.25, 0.3) is 0 Å². The lowest BCUT2D eigenvalue weighted by Gasteiger charge is -2.41. The Balaban J connectivity index is 1.99. The quantitative estimate of drug-likeness (QED) is 0.813. The molecule has 1 saturated carbocycles. The van der Waals surface area contributed by atoms with Gasteiger partial charge in [0.1, 0.15) is 0 Å². The molecule has 1 aliphatic carbocycles. The maximum Gasteiger partial charge on any atom is 0.0509 e. The van der Waals surface area contributed by atoms with Crippen molar-refractivity contribution in [3.05, 3.63) is 0 Å². The van der Waals surface area contributed by atoms with Gasteiger partial charge in [0.2, 0.25) is 0 Å². The Kier molecular flexibility index (Phi) is 5.30. The molecule has 2 fully saturated rings. The molecule has 100 valence electrons. The van der Waals surface area contributed by atoms with Crippen LogP contribution in [0.4, 0.5) is 0 Å². The van der Waals surface area contributed by atoms with E-state index in [9.17, 15) is 0 Å². The van der Waals surface area contributed by atoms with Crippen molar-refractivity contribution in [2.45, 2.75) is 57.9 Å². The largest absolute Gasteiger partial charge is 0.381 e. The summed E-state index contributed by atoms with van der Waals surface area (Å²) in [6.07, 6.45) is 9.74.